The minimum absolute atomic E-state index is 0.554. The first-order valence-corrected chi connectivity index (χ1v) is 8.18. The highest BCUT2D eigenvalue weighted by atomic mass is 19.1. The lowest BCUT2D eigenvalue weighted by atomic mass is 9.88. The monoisotopic (exact) mass is 302 g/mol. The second-order valence-electron chi connectivity index (χ2n) is 6.57. The molecule has 2 heterocycles. The van der Waals surface area contributed by atoms with E-state index in [2.05, 4.69) is 30.3 Å². The van der Waals surface area contributed by atoms with E-state index in [9.17, 15) is 0 Å². The van der Waals surface area contributed by atoms with Gasteiger partial charge in [0.1, 0.15) is 0 Å². The van der Waals surface area contributed by atoms with Crippen LogP contribution in [0, 0.1) is 5.92 Å². The molecule has 2 aliphatic rings. The Kier molecular flexibility index (Phi) is 5.90. The Morgan fingerprint density at radius 3 is 2.64 bits per heavy atom. The van der Waals surface area contributed by atoms with Crippen molar-refractivity contribution in [3.63, 3.8) is 0 Å². The average Bonchev–Trinajstić information content (AvgIpc) is 2.50. The van der Waals surface area contributed by atoms with E-state index in [4.69, 9.17) is 0 Å². The van der Waals surface area contributed by atoms with E-state index in [0.29, 0.717) is 24.5 Å². The normalized spacial score (nSPS) is 24.2. The summed E-state index contributed by atoms with van der Waals surface area (Å²) in [6, 6.07) is 0. The van der Waals surface area contributed by atoms with Gasteiger partial charge in [-0.2, -0.15) is 0 Å². The van der Waals surface area contributed by atoms with Crippen LogP contribution in [-0.2, 0) is 0 Å². The molecule has 0 saturated carbocycles. The van der Waals surface area contributed by atoms with Gasteiger partial charge in [-0.25, -0.2) is 4.39 Å². The minimum Gasteiger partial charge on any atom is -0.303 e. The van der Waals surface area contributed by atoms with Crippen LogP contribution in [0.15, 0.2) is 53.2 Å². The molecule has 0 aliphatic carbocycles. The fourth-order valence-electron chi connectivity index (χ4n) is 3.00. The summed E-state index contributed by atoms with van der Waals surface area (Å²) in [5.74, 6) is 0.635. The molecule has 0 radical (unpaired) electrons. The maximum absolute atomic E-state index is 15.1. The molecule has 0 unspecified atom stereocenters. The lowest BCUT2D eigenvalue weighted by molar-refractivity contribution is 0.0802. The largest absolute Gasteiger partial charge is 0.303 e. The first-order chi connectivity index (χ1) is 10.5. The Hall–Kier alpha value is -1.48. The van der Waals surface area contributed by atoms with E-state index in [0.717, 1.165) is 31.6 Å². The lowest BCUT2D eigenvalue weighted by Gasteiger charge is -2.37. The van der Waals surface area contributed by atoms with Crippen molar-refractivity contribution in [3.05, 3.63) is 48.2 Å². The lowest BCUT2D eigenvalue weighted by Crippen LogP contribution is -2.44. The Morgan fingerprint density at radius 1 is 1.36 bits per heavy atom. The summed E-state index contributed by atoms with van der Waals surface area (Å²) in [6.45, 7) is 10.8. The summed E-state index contributed by atoms with van der Waals surface area (Å²) in [4.78, 5) is 6.75. The molecule has 0 aromatic carbocycles. The standard InChI is InChI=1S/C19H27FN2/c1-4-5-6-7-17-8-9-18(21-14-17)19(20)10-12-22(13-11-19)15-16(2)3/h4-7,9,14,16H,1,8,10-13,15H2,2-3H3/b6-5-,17-7+. The van der Waals surface area contributed by atoms with Gasteiger partial charge >= 0.3 is 0 Å². The highest BCUT2D eigenvalue weighted by Crippen LogP contribution is 2.36. The molecule has 0 aromatic heterocycles. The summed E-state index contributed by atoms with van der Waals surface area (Å²) in [5, 5.41) is 0. The number of halogens is 1. The smallest absolute Gasteiger partial charge is 0.154 e. The van der Waals surface area contributed by atoms with Gasteiger partial charge in [0.05, 0.1) is 5.70 Å². The van der Waals surface area contributed by atoms with E-state index in [1.54, 1.807) is 12.3 Å². The molecule has 0 amide bonds. The number of nitrogens with zero attached hydrogens (tertiary/aromatic N) is 2. The summed E-state index contributed by atoms with van der Waals surface area (Å²) in [5.41, 5.74) is 0.483. The van der Waals surface area contributed by atoms with E-state index in [-0.39, 0.29) is 0 Å². The van der Waals surface area contributed by atoms with Crippen LogP contribution in [0.25, 0.3) is 0 Å². The SMILES string of the molecule is C=C/C=C\C=C1\C=NC(C2(F)CCN(CC(C)C)CC2)=CC1. The molecule has 0 atom stereocenters. The maximum Gasteiger partial charge on any atom is 0.154 e. The van der Waals surface area contributed by atoms with Crippen LogP contribution in [0.5, 0.6) is 0 Å². The van der Waals surface area contributed by atoms with E-state index >= 15 is 4.39 Å². The Morgan fingerprint density at radius 2 is 2.09 bits per heavy atom. The molecule has 2 aliphatic heterocycles. The maximum atomic E-state index is 15.1. The number of aliphatic imine (C=N–C) groups is 1. The molecule has 120 valence electrons. The van der Waals surface area contributed by atoms with E-state index < -0.39 is 5.67 Å². The van der Waals surface area contributed by atoms with E-state index in [1.807, 2.05) is 24.3 Å². The Labute approximate surface area is 133 Å². The van der Waals surface area contributed by atoms with Crippen molar-refractivity contribution >= 4 is 6.21 Å². The fraction of sp³-hybridized carbons (Fsp3) is 0.526. The molecule has 0 spiro atoms. The topological polar surface area (TPSA) is 15.6 Å². The zero-order valence-corrected chi connectivity index (χ0v) is 13.8. The van der Waals surface area contributed by atoms with Gasteiger partial charge in [0.2, 0.25) is 0 Å². The predicted molar refractivity (Wildman–Crippen MR) is 93.0 cm³/mol. The van der Waals surface area contributed by atoms with Gasteiger partial charge in [-0.1, -0.05) is 50.8 Å². The van der Waals surface area contributed by atoms with Crippen LogP contribution >= 0.6 is 0 Å². The predicted octanol–water partition coefficient (Wildman–Crippen LogP) is 4.47. The molecule has 0 bridgehead atoms. The number of likely N-dealkylation sites (tertiary alicyclic amines) is 1. The van der Waals surface area contributed by atoms with Crippen LogP contribution in [0.2, 0.25) is 0 Å². The molecule has 0 aromatic rings. The number of alkyl halides is 1. The molecular formula is C19H27FN2. The molecule has 2 rings (SSSR count). The van der Waals surface area contributed by atoms with Crippen LogP contribution in [-0.4, -0.2) is 36.4 Å². The van der Waals surface area contributed by atoms with Crippen LogP contribution in [0.4, 0.5) is 4.39 Å². The quantitative estimate of drug-likeness (QED) is 0.684. The number of piperidine rings is 1. The molecule has 0 N–H and O–H groups in total. The van der Waals surface area contributed by atoms with Crippen molar-refractivity contribution in [2.75, 3.05) is 19.6 Å². The zero-order chi connectivity index (χ0) is 16.0. The van der Waals surface area contributed by atoms with E-state index in [1.165, 1.54) is 0 Å². The summed E-state index contributed by atoms with van der Waals surface area (Å²) in [6.07, 6.45) is 13.1. The van der Waals surface area contributed by atoms with Crippen molar-refractivity contribution in [3.8, 4) is 0 Å². The highest BCUT2D eigenvalue weighted by molar-refractivity contribution is 5.81. The van der Waals surface area contributed by atoms with Crippen LogP contribution in [0.1, 0.15) is 33.1 Å². The number of hydrogen-bond acceptors (Lipinski definition) is 2. The van der Waals surface area contributed by atoms with Crippen molar-refractivity contribution in [1.29, 1.82) is 0 Å². The highest BCUT2D eigenvalue weighted by Gasteiger charge is 2.38. The molecule has 22 heavy (non-hydrogen) atoms. The van der Waals surface area contributed by atoms with Crippen LogP contribution in [0.3, 0.4) is 0 Å². The second kappa shape index (κ2) is 7.68. The summed E-state index contributed by atoms with van der Waals surface area (Å²) >= 11 is 0. The third kappa shape index (κ3) is 4.51. The summed E-state index contributed by atoms with van der Waals surface area (Å²) in [7, 11) is 0. The third-order valence-corrected chi connectivity index (χ3v) is 4.19. The van der Waals surface area contributed by atoms with Gasteiger partial charge in [0.15, 0.2) is 5.67 Å². The molecule has 3 heteroatoms. The van der Waals surface area contributed by atoms with Gasteiger partial charge < -0.3 is 4.90 Å². The third-order valence-electron chi connectivity index (χ3n) is 4.19. The Bertz CT molecular complexity index is 504. The van der Waals surface area contributed by atoms with Crippen molar-refractivity contribution in [1.82, 2.24) is 4.90 Å². The Balaban J connectivity index is 1.93. The zero-order valence-electron chi connectivity index (χ0n) is 13.8. The first-order valence-electron chi connectivity index (χ1n) is 8.18. The van der Waals surface area contributed by atoms with Gasteiger partial charge in [-0.05, 0) is 30.8 Å². The molecule has 1 saturated heterocycles. The van der Waals surface area contributed by atoms with Crippen molar-refractivity contribution in [2.45, 2.75) is 38.8 Å². The summed E-state index contributed by atoms with van der Waals surface area (Å²) < 4.78 is 15.1. The number of allylic oxidation sites excluding steroid dienone is 7. The molecule has 2 nitrogen and oxygen atoms in total. The fourth-order valence-corrected chi connectivity index (χ4v) is 3.00. The second-order valence-corrected chi connectivity index (χ2v) is 6.57. The van der Waals surface area contributed by atoms with Crippen LogP contribution < -0.4 is 0 Å². The minimum atomic E-state index is -1.24. The molecular weight excluding hydrogens is 275 g/mol. The van der Waals surface area contributed by atoms with Gasteiger partial charge in [0.25, 0.3) is 0 Å². The number of rotatable bonds is 5. The van der Waals surface area contributed by atoms with Gasteiger partial charge in [-0.3, -0.25) is 4.99 Å². The molecule has 1 fully saturated rings. The number of hydrogen-bond donors (Lipinski definition) is 0. The van der Waals surface area contributed by atoms with Crippen molar-refractivity contribution in [2.24, 2.45) is 10.9 Å². The van der Waals surface area contributed by atoms with Crippen molar-refractivity contribution < 1.29 is 4.39 Å². The average molecular weight is 302 g/mol. The van der Waals surface area contributed by atoms with Gasteiger partial charge in [0, 0.05) is 25.8 Å². The first kappa shape index (κ1) is 16.9. The van der Waals surface area contributed by atoms with Gasteiger partial charge in [-0.15, -0.1) is 0 Å².